The van der Waals surface area contributed by atoms with Crippen LogP contribution >= 0.6 is 22.7 Å². The SMILES string of the molecule is C[C@H](CC1C2O[C@@H]2CN1C)OC(=O)C(O)(c1cccs1)c1cccs1. The Balaban J connectivity index is 1.49. The second kappa shape index (κ2) is 6.48. The first kappa shape index (κ1) is 17.2. The molecule has 0 aliphatic carbocycles. The van der Waals surface area contributed by atoms with E-state index >= 15 is 0 Å². The predicted molar refractivity (Wildman–Crippen MR) is 96.9 cm³/mol. The van der Waals surface area contributed by atoms with E-state index in [9.17, 15) is 9.90 Å². The molecule has 2 unspecified atom stereocenters. The molecule has 0 aromatic carbocycles. The molecule has 7 heteroatoms. The molecular formula is C18H21NO4S2. The van der Waals surface area contributed by atoms with Gasteiger partial charge in [0.15, 0.2) is 0 Å². The highest BCUT2D eigenvalue weighted by molar-refractivity contribution is 7.12. The molecule has 0 bridgehead atoms. The minimum atomic E-state index is -1.74. The molecule has 4 rings (SSSR count). The van der Waals surface area contributed by atoms with Crippen LogP contribution in [0.4, 0.5) is 0 Å². The molecule has 1 N–H and O–H groups in total. The van der Waals surface area contributed by atoms with Crippen LogP contribution in [0.1, 0.15) is 23.1 Å². The molecule has 0 saturated carbocycles. The minimum absolute atomic E-state index is 0.264. The zero-order chi connectivity index (χ0) is 17.6. The molecule has 2 aliphatic heterocycles. The van der Waals surface area contributed by atoms with E-state index in [4.69, 9.17) is 9.47 Å². The van der Waals surface area contributed by atoms with Crippen LogP contribution in [0.3, 0.4) is 0 Å². The Labute approximate surface area is 154 Å². The zero-order valence-corrected chi connectivity index (χ0v) is 15.8. The van der Waals surface area contributed by atoms with Crippen molar-refractivity contribution in [2.45, 2.75) is 43.3 Å². The molecule has 2 saturated heterocycles. The van der Waals surface area contributed by atoms with Gasteiger partial charge < -0.3 is 14.6 Å². The normalized spacial score (nSPS) is 27.1. The van der Waals surface area contributed by atoms with E-state index in [1.165, 1.54) is 22.7 Å². The molecule has 2 aromatic rings. The van der Waals surface area contributed by atoms with E-state index in [-0.39, 0.29) is 18.2 Å². The Morgan fingerprint density at radius 2 is 2.04 bits per heavy atom. The van der Waals surface area contributed by atoms with Gasteiger partial charge in [-0.05, 0) is 36.9 Å². The topological polar surface area (TPSA) is 62.3 Å². The summed E-state index contributed by atoms with van der Waals surface area (Å²) in [6.45, 7) is 2.81. The van der Waals surface area contributed by atoms with Crippen LogP contribution in [0, 0.1) is 0 Å². The Morgan fingerprint density at radius 3 is 2.52 bits per heavy atom. The number of fused-ring (bicyclic) bond motifs is 1. The molecule has 0 amide bonds. The van der Waals surface area contributed by atoms with Crippen LogP contribution < -0.4 is 0 Å². The highest BCUT2D eigenvalue weighted by Crippen LogP contribution is 2.39. The Hall–Kier alpha value is -1.25. The molecule has 0 spiro atoms. The third kappa shape index (κ3) is 3.04. The number of carbonyl (C=O) groups is 1. The van der Waals surface area contributed by atoms with Crippen LogP contribution in [0.25, 0.3) is 0 Å². The van der Waals surface area contributed by atoms with Crippen molar-refractivity contribution in [3.05, 3.63) is 44.8 Å². The van der Waals surface area contributed by atoms with E-state index in [0.29, 0.717) is 22.3 Å². The summed E-state index contributed by atoms with van der Waals surface area (Å²) in [7, 11) is 2.07. The summed E-state index contributed by atoms with van der Waals surface area (Å²) >= 11 is 2.70. The van der Waals surface area contributed by atoms with Gasteiger partial charge in [-0.25, -0.2) is 4.79 Å². The number of thiophene rings is 2. The molecule has 2 aromatic heterocycles. The zero-order valence-electron chi connectivity index (χ0n) is 14.1. The van der Waals surface area contributed by atoms with Crippen molar-refractivity contribution in [3.63, 3.8) is 0 Å². The molecule has 4 atom stereocenters. The first-order valence-corrected chi connectivity index (χ1v) is 10.1. The third-order valence-corrected chi connectivity index (χ3v) is 6.92. The number of epoxide rings is 1. The first-order valence-electron chi connectivity index (χ1n) is 8.37. The summed E-state index contributed by atoms with van der Waals surface area (Å²) in [4.78, 5) is 16.3. The second-order valence-corrected chi connectivity index (χ2v) is 8.66. The maximum Gasteiger partial charge on any atom is 0.349 e. The van der Waals surface area contributed by atoms with E-state index < -0.39 is 11.6 Å². The van der Waals surface area contributed by atoms with Crippen molar-refractivity contribution < 1.29 is 19.4 Å². The van der Waals surface area contributed by atoms with Gasteiger partial charge in [-0.3, -0.25) is 4.90 Å². The fourth-order valence-electron chi connectivity index (χ4n) is 3.57. The fraction of sp³-hybridized carbons (Fsp3) is 0.500. The van der Waals surface area contributed by atoms with Gasteiger partial charge in [-0.2, -0.15) is 0 Å². The average molecular weight is 380 g/mol. The number of rotatable bonds is 6. The number of hydrogen-bond acceptors (Lipinski definition) is 7. The lowest BCUT2D eigenvalue weighted by atomic mass is 9.99. The Bertz CT molecular complexity index is 694. The van der Waals surface area contributed by atoms with Gasteiger partial charge in [0.25, 0.3) is 0 Å². The molecule has 4 heterocycles. The Morgan fingerprint density at radius 1 is 1.40 bits per heavy atom. The van der Waals surface area contributed by atoms with Crippen molar-refractivity contribution in [2.75, 3.05) is 13.6 Å². The summed E-state index contributed by atoms with van der Waals surface area (Å²) in [5.41, 5.74) is -1.74. The first-order chi connectivity index (χ1) is 12.0. The van der Waals surface area contributed by atoms with Gasteiger partial charge in [0, 0.05) is 19.0 Å². The average Bonchev–Trinajstić information content (AvgIpc) is 3.05. The number of carbonyl (C=O) groups excluding carboxylic acids is 1. The summed E-state index contributed by atoms with van der Waals surface area (Å²) < 4.78 is 11.3. The molecule has 5 nitrogen and oxygen atoms in total. The summed E-state index contributed by atoms with van der Waals surface area (Å²) in [6, 6.07) is 7.46. The highest BCUT2D eigenvalue weighted by atomic mass is 32.1. The van der Waals surface area contributed by atoms with Crippen molar-refractivity contribution in [3.8, 4) is 0 Å². The van der Waals surface area contributed by atoms with Crippen molar-refractivity contribution in [1.29, 1.82) is 0 Å². The molecule has 2 fully saturated rings. The van der Waals surface area contributed by atoms with Crippen molar-refractivity contribution >= 4 is 28.6 Å². The number of likely N-dealkylation sites (tertiary alicyclic amines) is 1. The highest BCUT2D eigenvalue weighted by Gasteiger charge is 2.54. The van der Waals surface area contributed by atoms with Crippen molar-refractivity contribution in [1.82, 2.24) is 4.90 Å². The molecule has 134 valence electrons. The largest absolute Gasteiger partial charge is 0.460 e. The lowest BCUT2D eigenvalue weighted by Crippen LogP contribution is -2.41. The number of esters is 1. The Kier molecular flexibility index (Phi) is 4.45. The number of morpholine rings is 1. The van der Waals surface area contributed by atoms with Gasteiger partial charge in [-0.1, -0.05) is 12.1 Å². The number of hydrogen-bond donors (Lipinski definition) is 1. The number of nitrogens with zero attached hydrogens (tertiary/aromatic N) is 1. The second-order valence-electron chi connectivity index (χ2n) is 6.76. The smallest absolute Gasteiger partial charge is 0.349 e. The number of likely N-dealkylation sites (N-methyl/N-ethyl adjacent to an activating group) is 1. The maximum atomic E-state index is 12.9. The quantitative estimate of drug-likeness (QED) is 0.617. The molecule has 0 radical (unpaired) electrons. The maximum absolute atomic E-state index is 12.9. The lowest BCUT2D eigenvalue weighted by Gasteiger charge is -2.28. The molecular weight excluding hydrogens is 358 g/mol. The predicted octanol–water partition coefficient (Wildman–Crippen LogP) is 2.45. The summed E-state index contributed by atoms with van der Waals surface area (Å²) in [5, 5.41) is 14.9. The van der Waals surface area contributed by atoms with Crippen LogP contribution in [0.5, 0.6) is 0 Å². The van der Waals surface area contributed by atoms with Gasteiger partial charge >= 0.3 is 5.97 Å². The van der Waals surface area contributed by atoms with Gasteiger partial charge in [0.2, 0.25) is 5.60 Å². The van der Waals surface area contributed by atoms with E-state index in [1.54, 1.807) is 12.1 Å². The van der Waals surface area contributed by atoms with Crippen LogP contribution in [0.15, 0.2) is 35.0 Å². The van der Waals surface area contributed by atoms with Crippen molar-refractivity contribution in [2.24, 2.45) is 0 Å². The number of ether oxygens (including phenoxy) is 2. The van der Waals surface area contributed by atoms with E-state index in [2.05, 4.69) is 11.9 Å². The molecule has 25 heavy (non-hydrogen) atoms. The standard InChI is InChI=1S/C18H21NO4S2/c1-11(9-12-16-13(23-16)10-19(12)2)22-17(20)18(21,14-5-3-7-24-14)15-6-4-8-25-15/h3-8,11-13,16,21H,9-10H2,1-2H3/t11-,12?,13-,16?/m1/s1. The van der Waals surface area contributed by atoms with E-state index in [0.717, 1.165) is 6.54 Å². The lowest BCUT2D eigenvalue weighted by molar-refractivity contribution is -0.167. The number of aliphatic hydroxyl groups is 1. The summed E-state index contributed by atoms with van der Waals surface area (Å²) in [6.07, 6.45) is 1.01. The third-order valence-electron chi connectivity index (χ3n) is 4.97. The monoisotopic (exact) mass is 379 g/mol. The van der Waals surface area contributed by atoms with E-state index in [1.807, 2.05) is 29.8 Å². The molecule has 2 aliphatic rings. The van der Waals surface area contributed by atoms with Crippen LogP contribution in [-0.4, -0.2) is 53.9 Å². The summed E-state index contributed by atoms with van der Waals surface area (Å²) in [5.74, 6) is -0.612. The van der Waals surface area contributed by atoms with Gasteiger partial charge in [0.05, 0.1) is 15.9 Å². The van der Waals surface area contributed by atoms with Crippen LogP contribution in [-0.2, 0) is 19.9 Å². The van der Waals surface area contributed by atoms with Crippen LogP contribution in [0.2, 0.25) is 0 Å². The van der Waals surface area contributed by atoms with Gasteiger partial charge in [0.1, 0.15) is 12.2 Å². The minimum Gasteiger partial charge on any atom is -0.460 e. The van der Waals surface area contributed by atoms with Gasteiger partial charge in [-0.15, -0.1) is 22.7 Å². The fourth-order valence-corrected chi connectivity index (χ4v) is 5.29.